The zero-order valence-corrected chi connectivity index (χ0v) is 17.4. The number of anilines is 1. The van der Waals surface area contributed by atoms with Gasteiger partial charge in [-0.15, -0.1) is 11.3 Å². The summed E-state index contributed by atoms with van der Waals surface area (Å²) in [7, 11) is 0. The molecule has 0 saturated heterocycles. The zero-order valence-electron chi connectivity index (χ0n) is 14.2. The lowest BCUT2D eigenvalue weighted by Crippen LogP contribution is -2.30. The number of halogens is 2. The molecule has 4 nitrogen and oxygen atoms in total. The van der Waals surface area contributed by atoms with Crippen molar-refractivity contribution in [1.29, 1.82) is 0 Å². The maximum Gasteiger partial charge on any atom is 0.225 e. The Morgan fingerprint density at radius 3 is 2.73 bits per heavy atom. The lowest BCUT2D eigenvalue weighted by molar-refractivity contribution is 0.389. The number of fused-ring (bicyclic) bond motifs is 1. The van der Waals surface area contributed by atoms with Crippen molar-refractivity contribution in [3.05, 3.63) is 50.5 Å². The minimum absolute atomic E-state index is 0.206. The van der Waals surface area contributed by atoms with Crippen molar-refractivity contribution in [1.82, 2.24) is 9.97 Å². The van der Waals surface area contributed by atoms with Gasteiger partial charge in [0.05, 0.1) is 9.17 Å². The van der Waals surface area contributed by atoms with Crippen LogP contribution in [0, 0.1) is 0 Å². The number of rotatable bonds is 4. The normalized spacial score (nSPS) is 20.4. The van der Waals surface area contributed by atoms with E-state index in [1.165, 1.54) is 23.3 Å². The fraction of sp³-hybridized carbons (Fsp3) is 0.368. The molecule has 0 amide bonds. The fourth-order valence-corrected chi connectivity index (χ4v) is 6.00. The summed E-state index contributed by atoms with van der Waals surface area (Å²) >= 11 is 11.7. The molecule has 1 aromatic carbocycles. The highest BCUT2D eigenvalue weighted by Gasteiger charge is 2.29. The van der Waals surface area contributed by atoms with Gasteiger partial charge in [-0.3, -0.25) is 0 Å². The largest absolute Gasteiger partial charge is 0.365 e. The van der Waals surface area contributed by atoms with E-state index in [1.807, 2.05) is 18.2 Å². The summed E-state index contributed by atoms with van der Waals surface area (Å²) in [5.74, 6) is 1.16. The number of hydrogen-bond donors (Lipinski definition) is 2. The Morgan fingerprint density at radius 2 is 1.96 bits per heavy atom. The summed E-state index contributed by atoms with van der Waals surface area (Å²) in [6.07, 6.45) is 4.65. The van der Waals surface area contributed by atoms with Crippen molar-refractivity contribution in [2.75, 3.05) is 5.32 Å². The molecule has 0 bridgehead atoms. The maximum absolute atomic E-state index is 6.41. The van der Waals surface area contributed by atoms with Gasteiger partial charge in [-0.1, -0.05) is 43.2 Å². The predicted molar refractivity (Wildman–Crippen MR) is 113 cm³/mol. The Labute approximate surface area is 170 Å². The molecule has 3 aromatic rings. The van der Waals surface area contributed by atoms with Crippen LogP contribution in [0.25, 0.3) is 10.2 Å². The van der Waals surface area contributed by atoms with Crippen LogP contribution in [0.1, 0.15) is 42.0 Å². The first-order chi connectivity index (χ1) is 12.6. The predicted octanol–water partition coefficient (Wildman–Crippen LogP) is 5.70. The van der Waals surface area contributed by atoms with Crippen molar-refractivity contribution in [3.63, 3.8) is 0 Å². The summed E-state index contributed by atoms with van der Waals surface area (Å²) in [6.45, 7) is 0.692. The number of benzene rings is 1. The van der Waals surface area contributed by atoms with E-state index in [2.05, 4.69) is 43.3 Å². The smallest absolute Gasteiger partial charge is 0.225 e. The van der Waals surface area contributed by atoms with Crippen molar-refractivity contribution in [3.8, 4) is 0 Å². The molecule has 4 rings (SSSR count). The first-order valence-corrected chi connectivity index (χ1v) is 10.8. The van der Waals surface area contributed by atoms with Crippen LogP contribution in [-0.2, 0) is 6.54 Å². The van der Waals surface area contributed by atoms with Gasteiger partial charge in [0.25, 0.3) is 0 Å². The van der Waals surface area contributed by atoms with Gasteiger partial charge in [-0.05, 0) is 45.9 Å². The topological polar surface area (TPSA) is 63.8 Å². The SMILES string of the molecule is N[C@H]1CCCC[C@@H]1c1sc2c(NCc3ccccc3)nc(Cl)nc2c1Br. The Hall–Kier alpha value is -1.21. The van der Waals surface area contributed by atoms with E-state index >= 15 is 0 Å². The van der Waals surface area contributed by atoms with Crippen LogP contribution in [-0.4, -0.2) is 16.0 Å². The molecule has 0 spiro atoms. The molecule has 0 unspecified atom stereocenters. The second kappa shape index (κ2) is 7.80. The van der Waals surface area contributed by atoms with Gasteiger partial charge in [-0.2, -0.15) is 4.98 Å². The van der Waals surface area contributed by atoms with Crippen LogP contribution in [0.4, 0.5) is 5.82 Å². The molecule has 1 aliphatic rings. The third kappa shape index (κ3) is 3.60. The van der Waals surface area contributed by atoms with Crippen LogP contribution in [0.3, 0.4) is 0 Å². The summed E-state index contributed by atoms with van der Waals surface area (Å²) in [6, 6.07) is 10.5. The molecule has 1 saturated carbocycles. The second-order valence-electron chi connectivity index (χ2n) is 6.69. The van der Waals surface area contributed by atoms with Crippen LogP contribution >= 0.6 is 38.9 Å². The number of aromatic nitrogens is 2. The van der Waals surface area contributed by atoms with Crippen LogP contribution < -0.4 is 11.1 Å². The minimum atomic E-state index is 0.206. The van der Waals surface area contributed by atoms with E-state index in [4.69, 9.17) is 17.3 Å². The van der Waals surface area contributed by atoms with E-state index in [1.54, 1.807) is 11.3 Å². The number of thiophene rings is 1. The van der Waals surface area contributed by atoms with E-state index in [-0.39, 0.29) is 11.3 Å². The number of nitrogens with one attached hydrogen (secondary N) is 1. The van der Waals surface area contributed by atoms with Crippen LogP contribution in [0.5, 0.6) is 0 Å². The fourth-order valence-electron chi connectivity index (χ4n) is 3.57. The lowest BCUT2D eigenvalue weighted by atomic mass is 9.84. The molecule has 3 N–H and O–H groups in total. The van der Waals surface area contributed by atoms with Gasteiger partial charge in [0.15, 0.2) is 0 Å². The first kappa shape index (κ1) is 18.2. The van der Waals surface area contributed by atoms with Crippen LogP contribution in [0.2, 0.25) is 5.28 Å². The monoisotopic (exact) mass is 450 g/mol. The van der Waals surface area contributed by atoms with Gasteiger partial charge in [-0.25, -0.2) is 4.98 Å². The summed E-state index contributed by atoms with van der Waals surface area (Å²) in [5.41, 5.74) is 8.48. The molecule has 136 valence electrons. The molecular formula is C19H20BrClN4S. The molecule has 2 aromatic heterocycles. The lowest BCUT2D eigenvalue weighted by Gasteiger charge is -2.27. The van der Waals surface area contributed by atoms with E-state index in [9.17, 15) is 0 Å². The molecule has 26 heavy (non-hydrogen) atoms. The Morgan fingerprint density at radius 1 is 1.19 bits per heavy atom. The minimum Gasteiger partial charge on any atom is -0.365 e. The molecule has 0 radical (unpaired) electrons. The summed E-state index contributed by atoms with van der Waals surface area (Å²) < 4.78 is 2.05. The van der Waals surface area contributed by atoms with E-state index in [0.29, 0.717) is 12.5 Å². The second-order valence-corrected chi connectivity index (χ2v) is 8.88. The summed E-state index contributed by atoms with van der Waals surface area (Å²) in [5, 5.41) is 3.68. The van der Waals surface area contributed by atoms with Crippen molar-refractivity contribution in [2.24, 2.45) is 5.73 Å². The number of nitrogens with two attached hydrogens (primary N) is 1. The Bertz CT molecular complexity index is 915. The Kier molecular flexibility index (Phi) is 5.45. The highest BCUT2D eigenvalue weighted by molar-refractivity contribution is 9.10. The highest BCUT2D eigenvalue weighted by Crippen LogP contribution is 2.45. The van der Waals surface area contributed by atoms with E-state index in [0.717, 1.165) is 33.3 Å². The molecular weight excluding hydrogens is 432 g/mol. The zero-order chi connectivity index (χ0) is 18.1. The van der Waals surface area contributed by atoms with Crippen molar-refractivity contribution < 1.29 is 0 Å². The molecule has 2 heterocycles. The number of hydrogen-bond acceptors (Lipinski definition) is 5. The molecule has 0 aliphatic heterocycles. The first-order valence-electron chi connectivity index (χ1n) is 8.82. The van der Waals surface area contributed by atoms with Crippen LogP contribution in [0.15, 0.2) is 34.8 Å². The number of nitrogens with zero attached hydrogens (tertiary/aromatic N) is 2. The third-order valence-corrected chi connectivity index (χ3v) is 7.49. The molecule has 7 heteroatoms. The maximum atomic E-state index is 6.41. The average Bonchev–Trinajstić information content (AvgIpc) is 2.98. The quantitative estimate of drug-likeness (QED) is 0.499. The Balaban J connectivity index is 1.70. The summed E-state index contributed by atoms with van der Waals surface area (Å²) in [4.78, 5) is 10.2. The van der Waals surface area contributed by atoms with Gasteiger partial charge >= 0.3 is 0 Å². The van der Waals surface area contributed by atoms with Gasteiger partial charge < -0.3 is 11.1 Å². The third-order valence-electron chi connectivity index (χ3n) is 4.93. The van der Waals surface area contributed by atoms with Gasteiger partial charge in [0.2, 0.25) is 5.28 Å². The molecule has 2 atom stereocenters. The van der Waals surface area contributed by atoms with E-state index < -0.39 is 0 Å². The van der Waals surface area contributed by atoms with Gasteiger partial charge in [0, 0.05) is 23.4 Å². The molecule has 1 fully saturated rings. The highest BCUT2D eigenvalue weighted by atomic mass is 79.9. The standard InChI is InChI=1S/C19H20BrClN4S/c20-14-15-17(26-16(14)12-8-4-5-9-13(12)22)18(25-19(21)24-15)23-10-11-6-2-1-3-7-11/h1-3,6-7,12-13H,4-5,8-10,22H2,(H,23,24,25)/t12-,13-/m0/s1. The van der Waals surface area contributed by atoms with Crippen molar-refractivity contribution >= 4 is 54.9 Å². The molecule has 1 aliphatic carbocycles. The average molecular weight is 452 g/mol. The van der Waals surface area contributed by atoms with Gasteiger partial charge in [0.1, 0.15) is 11.3 Å². The van der Waals surface area contributed by atoms with Crippen molar-refractivity contribution in [2.45, 2.75) is 44.2 Å².